The molecule has 0 saturated heterocycles. The summed E-state index contributed by atoms with van der Waals surface area (Å²) in [5, 5.41) is 13.2. The van der Waals surface area contributed by atoms with Gasteiger partial charge in [-0.1, -0.05) is 92.9 Å². The van der Waals surface area contributed by atoms with E-state index in [4.69, 9.17) is 0 Å². The first kappa shape index (κ1) is 30.8. The van der Waals surface area contributed by atoms with E-state index in [0.29, 0.717) is 5.92 Å². The molecule has 0 aromatic rings. The Hall–Kier alpha value is 0.725. The molecule has 0 heterocycles. The molecule has 1 rings (SSSR count). The van der Waals surface area contributed by atoms with Crippen molar-refractivity contribution in [1.82, 2.24) is 0 Å². The Morgan fingerprint density at radius 1 is 0.844 bits per heavy atom. The Bertz CT molecular complexity index is 472. The predicted octanol–water partition coefficient (Wildman–Crippen LogP) is 8.54. The first-order valence-corrected chi connectivity index (χ1v) is 16.3. The van der Waals surface area contributed by atoms with Gasteiger partial charge in [0.05, 0.1) is 6.10 Å². The molecular weight excluding hydrogens is 427 g/mol. The molecule has 1 N–H and O–H groups in total. The summed E-state index contributed by atoms with van der Waals surface area (Å²) in [5.41, 5.74) is 0.0259. The third-order valence-electron chi connectivity index (χ3n) is 8.68. The number of aliphatic hydroxyl groups is 1. The maximum atomic E-state index is 11.5. The lowest BCUT2D eigenvalue weighted by molar-refractivity contribution is -0.0438. The second-order valence-corrected chi connectivity index (χ2v) is 14.2. The maximum absolute atomic E-state index is 11.5. The van der Waals surface area contributed by atoms with E-state index in [9.17, 15) is 5.11 Å². The van der Waals surface area contributed by atoms with E-state index in [2.05, 4.69) is 72.9 Å². The molecule has 1 aliphatic rings. The third kappa shape index (κ3) is 9.77. The van der Waals surface area contributed by atoms with Crippen LogP contribution in [0.3, 0.4) is 0 Å². The highest BCUT2D eigenvalue weighted by molar-refractivity contribution is 8.03. The molecule has 0 bridgehead atoms. The summed E-state index contributed by atoms with van der Waals surface area (Å²) in [6.07, 6.45) is 18.4. The average molecular weight is 485 g/mol. The molecule has 0 aromatic heterocycles. The van der Waals surface area contributed by atoms with E-state index >= 15 is 0 Å². The van der Waals surface area contributed by atoms with Gasteiger partial charge in [-0.15, -0.1) is 0 Å². The molecule has 1 saturated carbocycles. The Morgan fingerprint density at radius 3 is 1.94 bits per heavy atom. The fourth-order valence-electron chi connectivity index (χ4n) is 5.80. The molecule has 0 spiro atoms. The fourth-order valence-corrected chi connectivity index (χ4v) is 8.70. The van der Waals surface area contributed by atoms with Gasteiger partial charge in [0, 0.05) is 10.5 Å². The van der Waals surface area contributed by atoms with Gasteiger partial charge in [0.25, 0.3) is 0 Å². The van der Waals surface area contributed by atoms with Gasteiger partial charge in [-0.3, -0.25) is 0 Å². The van der Waals surface area contributed by atoms with Gasteiger partial charge in [-0.05, 0) is 66.7 Å². The molecule has 0 aliphatic heterocycles. The average Bonchev–Trinajstić information content (AvgIpc) is 2.90. The lowest BCUT2D eigenvalue weighted by atomic mass is 9.53. The Morgan fingerprint density at radius 2 is 1.41 bits per heavy atom. The van der Waals surface area contributed by atoms with Gasteiger partial charge >= 0.3 is 0 Å². The van der Waals surface area contributed by atoms with Gasteiger partial charge in [0.1, 0.15) is 7.85 Å². The van der Waals surface area contributed by atoms with Crippen LogP contribution in [0, 0.1) is 11.3 Å². The molecule has 4 heteroatoms. The minimum atomic E-state index is -0.223. The van der Waals surface area contributed by atoms with Crippen LogP contribution in [0.25, 0.3) is 0 Å². The summed E-state index contributed by atoms with van der Waals surface area (Å²) >= 11 is 4.53. The highest BCUT2D eigenvalue weighted by Gasteiger charge is 2.44. The zero-order valence-electron chi connectivity index (χ0n) is 22.9. The van der Waals surface area contributed by atoms with E-state index in [-0.39, 0.29) is 16.8 Å². The van der Waals surface area contributed by atoms with Gasteiger partial charge in [-0.2, -0.15) is 23.5 Å². The third-order valence-corrected chi connectivity index (χ3v) is 11.7. The molecule has 0 amide bonds. The van der Waals surface area contributed by atoms with Gasteiger partial charge < -0.3 is 5.11 Å². The van der Waals surface area contributed by atoms with Crippen molar-refractivity contribution in [2.45, 2.75) is 153 Å². The molecule has 190 valence electrons. The van der Waals surface area contributed by atoms with Crippen LogP contribution in [0.5, 0.6) is 0 Å². The summed E-state index contributed by atoms with van der Waals surface area (Å²) in [6.45, 7) is 13.9. The van der Waals surface area contributed by atoms with Crippen LogP contribution in [0.15, 0.2) is 0 Å². The summed E-state index contributed by atoms with van der Waals surface area (Å²) < 4.78 is 0. The van der Waals surface area contributed by atoms with Crippen molar-refractivity contribution < 1.29 is 5.11 Å². The lowest BCUT2D eigenvalue weighted by Crippen LogP contribution is -2.45. The van der Waals surface area contributed by atoms with E-state index in [0.717, 1.165) is 23.3 Å². The van der Waals surface area contributed by atoms with Crippen molar-refractivity contribution in [3.05, 3.63) is 0 Å². The first-order valence-electron chi connectivity index (χ1n) is 14.2. The second kappa shape index (κ2) is 16.4. The van der Waals surface area contributed by atoms with Crippen molar-refractivity contribution in [3.63, 3.8) is 0 Å². The molecule has 1 aliphatic carbocycles. The van der Waals surface area contributed by atoms with Crippen molar-refractivity contribution in [3.8, 4) is 0 Å². The lowest BCUT2D eigenvalue weighted by Gasteiger charge is -2.48. The Balaban J connectivity index is 2.76. The van der Waals surface area contributed by atoms with Gasteiger partial charge in [-0.25, -0.2) is 0 Å². The topological polar surface area (TPSA) is 20.2 Å². The summed E-state index contributed by atoms with van der Waals surface area (Å²) in [6, 6.07) is 0. The second-order valence-electron chi connectivity index (χ2n) is 11.3. The molecule has 0 radical (unpaired) electrons. The number of thioether (sulfide) groups is 2. The number of aliphatic hydroxyl groups excluding tert-OH is 1. The normalized spacial score (nSPS) is 26.2. The van der Waals surface area contributed by atoms with Crippen molar-refractivity contribution >= 4 is 31.4 Å². The summed E-state index contributed by atoms with van der Waals surface area (Å²) in [4.78, 5) is 0. The highest BCUT2D eigenvalue weighted by Crippen LogP contribution is 2.49. The van der Waals surface area contributed by atoms with Crippen LogP contribution in [-0.4, -0.2) is 41.1 Å². The SMILES string of the molecule is BC(C)(CC)C(O)C(C)(CC)C(CCCC)CCCSC1CCCCCCCC1SCC. The van der Waals surface area contributed by atoms with Crippen LogP contribution < -0.4 is 0 Å². The fraction of sp³-hybridized carbons (Fsp3) is 1.00. The van der Waals surface area contributed by atoms with Crippen LogP contribution in [0.4, 0.5) is 0 Å². The summed E-state index contributed by atoms with van der Waals surface area (Å²) in [5.74, 6) is 3.21. The van der Waals surface area contributed by atoms with Crippen LogP contribution in [0.1, 0.15) is 131 Å². The predicted molar refractivity (Wildman–Crippen MR) is 154 cm³/mol. The zero-order valence-corrected chi connectivity index (χ0v) is 24.5. The van der Waals surface area contributed by atoms with E-state index in [1.54, 1.807) is 0 Å². The minimum absolute atomic E-state index is 0.00800. The highest BCUT2D eigenvalue weighted by atomic mass is 32.2. The minimum Gasteiger partial charge on any atom is -0.393 e. The van der Waals surface area contributed by atoms with Crippen molar-refractivity contribution in [2.75, 3.05) is 11.5 Å². The first-order chi connectivity index (χ1) is 15.3. The smallest absolute Gasteiger partial charge is 0.112 e. The number of unbranched alkanes of at least 4 members (excludes halogenated alkanes) is 1. The number of hydrogen-bond acceptors (Lipinski definition) is 3. The largest absolute Gasteiger partial charge is 0.393 e. The van der Waals surface area contributed by atoms with Gasteiger partial charge in [0.2, 0.25) is 0 Å². The molecule has 6 unspecified atom stereocenters. The molecular formula is C28H57BOS2. The standard InChI is InChI=1S/C28H57BOS2/c1-7-11-18-23(27(5,8-2)26(30)28(6,29)9-3)19-17-22-32-25-21-16-14-12-13-15-20-24(25)31-10-4/h23-26,30H,7-22,29H2,1-6H3. The summed E-state index contributed by atoms with van der Waals surface area (Å²) in [7, 11) is 2.26. The van der Waals surface area contributed by atoms with E-state index in [1.807, 2.05) is 0 Å². The zero-order chi connectivity index (χ0) is 24.0. The number of hydrogen-bond donors (Lipinski definition) is 1. The van der Waals surface area contributed by atoms with Gasteiger partial charge in [0.15, 0.2) is 0 Å². The van der Waals surface area contributed by atoms with Crippen LogP contribution in [-0.2, 0) is 0 Å². The Kier molecular flexibility index (Phi) is 15.8. The Labute approximate surface area is 212 Å². The molecule has 1 nitrogen and oxygen atoms in total. The molecule has 32 heavy (non-hydrogen) atoms. The maximum Gasteiger partial charge on any atom is 0.112 e. The van der Waals surface area contributed by atoms with Crippen molar-refractivity contribution in [2.24, 2.45) is 11.3 Å². The van der Waals surface area contributed by atoms with Crippen molar-refractivity contribution in [1.29, 1.82) is 0 Å². The van der Waals surface area contributed by atoms with E-state index in [1.165, 1.54) is 88.6 Å². The molecule has 0 aromatic carbocycles. The van der Waals surface area contributed by atoms with Crippen LogP contribution >= 0.6 is 23.5 Å². The van der Waals surface area contributed by atoms with E-state index < -0.39 is 0 Å². The monoisotopic (exact) mass is 484 g/mol. The molecule has 6 atom stereocenters. The number of rotatable bonds is 15. The quantitative estimate of drug-likeness (QED) is 0.186. The molecule has 1 fully saturated rings. The van der Waals surface area contributed by atoms with Crippen LogP contribution in [0.2, 0.25) is 5.31 Å².